The number of halogens is 1. The highest BCUT2D eigenvalue weighted by atomic mass is 79.9. The smallest absolute Gasteiger partial charge is 0.272 e. The summed E-state index contributed by atoms with van der Waals surface area (Å²) >= 11 is 3.48. The Morgan fingerprint density at radius 1 is 1.17 bits per heavy atom. The van der Waals surface area contributed by atoms with Crippen LogP contribution in [0.3, 0.4) is 0 Å². The van der Waals surface area contributed by atoms with Gasteiger partial charge in [0.15, 0.2) is 0 Å². The molecule has 0 aliphatic carbocycles. The molecule has 1 aromatic heterocycles. The second-order valence-corrected chi connectivity index (χ2v) is 6.33. The number of aromatic nitrogens is 1. The number of anilines is 1. The first kappa shape index (κ1) is 15.6. The van der Waals surface area contributed by atoms with Crippen LogP contribution >= 0.6 is 15.9 Å². The summed E-state index contributed by atoms with van der Waals surface area (Å²) < 4.78 is 6.09. The summed E-state index contributed by atoms with van der Waals surface area (Å²) in [7, 11) is 1.62. The molecule has 118 valence electrons. The maximum atomic E-state index is 12.6. The maximum Gasteiger partial charge on any atom is 0.272 e. The fourth-order valence-electron chi connectivity index (χ4n) is 2.58. The second kappa shape index (κ2) is 6.08. The summed E-state index contributed by atoms with van der Waals surface area (Å²) in [5.74, 6) is 0.592. The van der Waals surface area contributed by atoms with E-state index in [1.165, 1.54) is 0 Å². The molecule has 0 fully saturated rings. The molecule has 0 saturated heterocycles. The Morgan fingerprint density at radius 2 is 1.96 bits per heavy atom. The number of nitrogens with one attached hydrogen (secondary N) is 2. The molecule has 0 spiro atoms. The van der Waals surface area contributed by atoms with E-state index in [-0.39, 0.29) is 5.91 Å². The second-order valence-electron chi connectivity index (χ2n) is 5.47. The Kier molecular flexibility index (Phi) is 4.13. The first-order valence-electron chi connectivity index (χ1n) is 7.23. The van der Waals surface area contributed by atoms with Gasteiger partial charge in [-0.25, -0.2) is 0 Å². The molecule has 0 atom stereocenters. The van der Waals surface area contributed by atoms with Crippen molar-refractivity contribution in [1.29, 1.82) is 0 Å². The van der Waals surface area contributed by atoms with Crippen molar-refractivity contribution < 1.29 is 9.53 Å². The largest absolute Gasteiger partial charge is 0.497 e. The van der Waals surface area contributed by atoms with Gasteiger partial charge in [0.25, 0.3) is 5.91 Å². The van der Waals surface area contributed by atoms with Gasteiger partial charge in [0.05, 0.1) is 12.8 Å². The number of carbonyl (C=O) groups excluding carboxylic acids is 1. The van der Waals surface area contributed by atoms with Gasteiger partial charge >= 0.3 is 0 Å². The Morgan fingerprint density at radius 3 is 2.65 bits per heavy atom. The molecule has 0 bridgehead atoms. The molecule has 4 nitrogen and oxygen atoms in total. The van der Waals surface area contributed by atoms with Crippen molar-refractivity contribution in [3.63, 3.8) is 0 Å². The number of methoxy groups -OCH3 is 1. The lowest BCUT2D eigenvalue weighted by Crippen LogP contribution is -2.13. The standard InChI is InChI=1S/C18H17BrN2O2/c1-10-4-7-15(14(19)8-10)21-18(22)17-11(2)13-6-5-12(23-3)9-16(13)20-17/h4-9,20H,1-3H3,(H,21,22). The minimum absolute atomic E-state index is 0.165. The van der Waals surface area contributed by atoms with Gasteiger partial charge in [-0.1, -0.05) is 6.07 Å². The third kappa shape index (κ3) is 2.97. The van der Waals surface area contributed by atoms with Crippen LogP contribution in [-0.2, 0) is 0 Å². The van der Waals surface area contributed by atoms with Crippen LogP contribution in [0.15, 0.2) is 40.9 Å². The number of carbonyl (C=O) groups is 1. The Balaban J connectivity index is 1.95. The minimum Gasteiger partial charge on any atom is -0.497 e. The van der Waals surface area contributed by atoms with E-state index in [1.807, 2.05) is 50.2 Å². The van der Waals surface area contributed by atoms with E-state index < -0.39 is 0 Å². The molecule has 0 radical (unpaired) electrons. The van der Waals surface area contributed by atoms with Crippen molar-refractivity contribution in [3.05, 3.63) is 57.7 Å². The summed E-state index contributed by atoms with van der Waals surface area (Å²) in [6, 6.07) is 11.6. The average Bonchev–Trinajstić information content (AvgIpc) is 2.86. The number of ether oxygens (including phenoxy) is 1. The zero-order valence-electron chi connectivity index (χ0n) is 13.2. The monoisotopic (exact) mass is 372 g/mol. The van der Waals surface area contributed by atoms with Crippen molar-refractivity contribution in [1.82, 2.24) is 4.98 Å². The van der Waals surface area contributed by atoms with Crippen LogP contribution in [0.2, 0.25) is 0 Å². The van der Waals surface area contributed by atoms with E-state index in [0.717, 1.165) is 37.9 Å². The molecule has 2 aromatic carbocycles. The molecule has 0 saturated carbocycles. The summed E-state index contributed by atoms with van der Waals surface area (Å²) in [6.45, 7) is 3.94. The molecular formula is C18H17BrN2O2. The highest BCUT2D eigenvalue weighted by Crippen LogP contribution is 2.28. The van der Waals surface area contributed by atoms with Crippen molar-refractivity contribution in [3.8, 4) is 5.75 Å². The van der Waals surface area contributed by atoms with Crippen LogP contribution in [-0.4, -0.2) is 18.0 Å². The number of aryl methyl sites for hydroxylation is 2. The predicted octanol–water partition coefficient (Wildman–Crippen LogP) is 4.81. The number of benzene rings is 2. The summed E-state index contributed by atoms with van der Waals surface area (Å²) in [5, 5.41) is 3.95. The maximum absolute atomic E-state index is 12.6. The zero-order chi connectivity index (χ0) is 16.6. The van der Waals surface area contributed by atoms with Gasteiger partial charge in [-0.15, -0.1) is 0 Å². The van der Waals surface area contributed by atoms with E-state index in [4.69, 9.17) is 4.74 Å². The lowest BCUT2D eigenvalue weighted by Gasteiger charge is -2.07. The highest BCUT2D eigenvalue weighted by molar-refractivity contribution is 9.10. The Labute approximate surface area is 143 Å². The number of hydrogen-bond donors (Lipinski definition) is 2. The van der Waals surface area contributed by atoms with Crippen LogP contribution in [0.4, 0.5) is 5.69 Å². The molecular weight excluding hydrogens is 356 g/mol. The van der Waals surface area contributed by atoms with Gasteiger partial charge in [-0.05, 0) is 65.2 Å². The van der Waals surface area contributed by atoms with Crippen molar-refractivity contribution >= 4 is 38.4 Å². The van der Waals surface area contributed by atoms with Crippen LogP contribution in [0.1, 0.15) is 21.6 Å². The molecule has 0 aliphatic heterocycles. The summed E-state index contributed by atoms with van der Waals surface area (Å²) in [6.07, 6.45) is 0. The van der Waals surface area contributed by atoms with E-state index in [2.05, 4.69) is 26.2 Å². The van der Waals surface area contributed by atoms with Gasteiger partial charge < -0.3 is 15.0 Å². The number of rotatable bonds is 3. The number of H-pyrrole nitrogens is 1. The number of fused-ring (bicyclic) bond motifs is 1. The Hall–Kier alpha value is -2.27. The van der Waals surface area contributed by atoms with E-state index in [0.29, 0.717) is 5.69 Å². The van der Waals surface area contributed by atoms with Gasteiger partial charge in [0, 0.05) is 21.4 Å². The van der Waals surface area contributed by atoms with Crippen molar-refractivity contribution in [2.45, 2.75) is 13.8 Å². The molecule has 2 N–H and O–H groups in total. The normalized spacial score (nSPS) is 10.8. The van der Waals surface area contributed by atoms with Gasteiger partial charge in [0.1, 0.15) is 11.4 Å². The minimum atomic E-state index is -0.165. The molecule has 1 amide bonds. The lowest BCUT2D eigenvalue weighted by molar-refractivity contribution is 0.102. The SMILES string of the molecule is COc1ccc2c(C)c(C(=O)Nc3ccc(C)cc3Br)[nH]c2c1. The van der Waals surface area contributed by atoms with Crippen molar-refractivity contribution in [2.75, 3.05) is 12.4 Å². The molecule has 1 heterocycles. The number of hydrogen-bond acceptors (Lipinski definition) is 2. The molecule has 0 unspecified atom stereocenters. The average molecular weight is 373 g/mol. The van der Waals surface area contributed by atoms with E-state index in [1.54, 1.807) is 7.11 Å². The summed E-state index contributed by atoms with van der Waals surface area (Å²) in [4.78, 5) is 15.8. The van der Waals surface area contributed by atoms with Gasteiger partial charge in [0.2, 0.25) is 0 Å². The molecule has 23 heavy (non-hydrogen) atoms. The number of aromatic amines is 1. The lowest BCUT2D eigenvalue weighted by atomic mass is 10.1. The van der Waals surface area contributed by atoms with Gasteiger partial charge in [-0.2, -0.15) is 0 Å². The first-order chi connectivity index (χ1) is 11.0. The molecule has 3 rings (SSSR count). The Bertz CT molecular complexity index is 899. The molecule has 3 aromatic rings. The van der Waals surface area contributed by atoms with E-state index in [9.17, 15) is 4.79 Å². The number of amides is 1. The predicted molar refractivity (Wildman–Crippen MR) is 96.4 cm³/mol. The molecule has 0 aliphatic rings. The quantitative estimate of drug-likeness (QED) is 0.692. The topological polar surface area (TPSA) is 54.1 Å². The van der Waals surface area contributed by atoms with Crippen LogP contribution in [0, 0.1) is 13.8 Å². The van der Waals surface area contributed by atoms with Crippen molar-refractivity contribution in [2.24, 2.45) is 0 Å². The summed E-state index contributed by atoms with van der Waals surface area (Å²) in [5.41, 5.74) is 4.24. The van der Waals surface area contributed by atoms with Crippen LogP contribution < -0.4 is 10.1 Å². The van der Waals surface area contributed by atoms with Crippen LogP contribution in [0.5, 0.6) is 5.75 Å². The van der Waals surface area contributed by atoms with Gasteiger partial charge in [-0.3, -0.25) is 4.79 Å². The third-order valence-electron chi connectivity index (χ3n) is 3.87. The van der Waals surface area contributed by atoms with E-state index >= 15 is 0 Å². The first-order valence-corrected chi connectivity index (χ1v) is 8.02. The van der Waals surface area contributed by atoms with Crippen LogP contribution in [0.25, 0.3) is 10.9 Å². The zero-order valence-corrected chi connectivity index (χ0v) is 14.7. The molecule has 5 heteroatoms. The third-order valence-corrected chi connectivity index (χ3v) is 4.52. The highest BCUT2D eigenvalue weighted by Gasteiger charge is 2.16. The fraction of sp³-hybridized carbons (Fsp3) is 0.167. The fourth-order valence-corrected chi connectivity index (χ4v) is 3.17.